The van der Waals surface area contributed by atoms with Crippen LogP contribution in [0.3, 0.4) is 0 Å². The van der Waals surface area contributed by atoms with Gasteiger partial charge in [-0.05, 0) is 37.7 Å². The minimum Gasteiger partial charge on any atom is -0.541 e. The minimum atomic E-state index is -0.874. The lowest BCUT2D eigenvalue weighted by Gasteiger charge is -2.13. The molecule has 1 heterocycles. The van der Waals surface area contributed by atoms with Crippen LogP contribution in [-0.2, 0) is 7.05 Å². The van der Waals surface area contributed by atoms with Crippen LogP contribution in [0.25, 0.3) is 0 Å². The van der Waals surface area contributed by atoms with Gasteiger partial charge < -0.3 is 8.99 Å². The molecule has 0 unspecified atom stereocenters. The zero-order valence-electron chi connectivity index (χ0n) is 15.0. The first-order valence-electron chi connectivity index (χ1n) is 8.24. The Bertz CT molecular complexity index is 885. The molecule has 1 radical (unpaired) electrons. The van der Waals surface area contributed by atoms with Crippen molar-refractivity contribution in [3.05, 3.63) is 77.9 Å². The molecular formula is C20H22N3OSi. The average Bonchev–Trinajstić information content (AvgIpc) is 3.00. The Balaban J connectivity index is 2.14. The van der Waals surface area contributed by atoms with Crippen LogP contribution in [0.2, 0.25) is 13.1 Å². The number of nitrogens with zero attached hydrogens (tertiary/aromatic N) is 3. The third-order valence-corrected chi connectivity index (χ3v) is 4.28. The van der Waals surface area contributed by atoms with Gasteiger partial charge in [-0.2, -0.15) is 0 Å². The highest BCUT2D eigenvalue weighted by Gasteiger charge is 2.13. The number of imidazole rings is 1. The van der Waals surface area contributed by atoms with E-state index >= 15 is 0 Å². The van der Waals surface area contributed by atoms with Gasteiger partial charge in [-0.25, -0.2) is 9.98 Å². The molecule has 0 aliphatic rings. The quantitative estimate of drug-likeness (QED) is 0.502. The number of aliphatic imine (C=N–C) groups is 1. The van der Waals surface area contributed by atoms with Gasteiger partial charge in [0.2, 0.25) is 0 Å². The number of hydrogen-bond acceptors (Lipinski definition) is 3. The van der Waals surface area contributed by atoms with Crippen LogP contribution in [0.4, 0.5) is 5.69 Å². The van der Waals surface area contributed by atoms with Gasteiger partial charge in [0.25, 0.3) is 9.04 Å². The van der Waals surface area contributed by atoms with E-state index in [1.165, 1.54) is 0 Å². The van der Waals surface area contributed by atoms with Gasteiger partial charge in [0.1, 0.15) is 17.1 Å². The molecule has 25 heavy (non-hydrogen) atoms. The highest BCUT2D eigenvalue weighted by atomic mass is 28.3. The second-order valence-corrected chi connectivity index (χ2v) is 8.25. The first-order chi connectivity index (χ1) is 12.0. The molecule has 0 aliphatic carbocycles. The third-order valence-electron chi connectivity index (χ3n) is 3.66. The summed E-state index contributed by atoms with van der Waals surface area (Å²) in [6, 6.07) is 16.3. The Morgan fingerprint density at radius 2 is 1.88 bits per heavy atom. The maximum atomic E-state index is 6.07. The molecule has 2 aromatic carbocycles. The summed E-state index contributed by atoms with van der Waals surface area (Å²) in [6.07, 6.45) is 3.77. The molecule has 1 aromatic heterocycles. The van der Waals surface area contributed by atoms with Crippen molar-refractivity contribution < 1.29 is 4.43 Å². The van der Waals surface area contributed by atoms with Gasteiger partial charge in [0, 0.05) is 18.8 Å². The standard InChI is InChI=1S/C20H22N3OSi/c1-15-10-11-17(19(12-15)24-25(3)4)22-20(16-8-6-5-7-9-16)18-13-23(2)14-21-18/h5-14H,1-4H3. The normalized spacial score (nSPS) is 11.8. The van der Waals surface area contributed by atoms with Gasteiger partial charge in [0.15, 0.2) is 0 Å². The number of hydrogen-bond donors (Lipinski definition) is 0. The van der Waals surface area contributed by atoms with Crippen molar-refractivity contribution in [1.82, 2.24) is 9.55 Å². The van der Waals surface area contributed by atoms with Crippen LogP contribution in [0.5, 0.6) is 5.75 Å². The molecule has 0 aliphatic heterocycles. The molecule has 3 aromatic rings. The van der Waals surface area contributed by atoms with Gasteiger partial charge in [-0.1, -0.05) is 36.4 Å². The van der Waals surface area contributed by atoms with Crippen LogP contribution in [0, 0.1) is 6.92 Å². The Hall–Kier alpha value is -2.66. The average molecular weight is 349 g/mol. The third kappa shape index (κ3) is 4.25. The molecular weight excluding hydrogens is 326 g/mol. The summed E-state index contributed by atoms with van der Waals surface area (Å²) >= 11 is 0. The molecule has 5 heteroatoms. The highest BCUT2D eigenvalue weighted by Crippen LogP contribution is 2.30. The van der Waals surface area contributed by atoms with Gasteiger partial charge in [-0.3, -0.25) is 0 Å². The molecule has 3 rings (SSSR count). The Labute approximate surface area is 150 Å². The second kappa shape index (κ2) is 7.48. The van der Waals surface area contributed by atoms with E-state index in [1.807, 2.05) is 42.1 Å². The van der Waals surface area contributed by atoms with Gasteiger partial charge >= 0.3 is 0 Å². The van der Waals surface area contributed by atoms with E-state index in [9.17, 15) is 0 Å². The molecule has 4 nitrogen and oxygen atoms in total. The minimum absolute atomic E-state index is 0.835. The van der Waals surface area contributed by atoms with E-state index in [0.29, 0.717) is 0 Å². The molecule has 0 N–H and O–H groups in total. The van der Waals surface area contributed by atoms with E-state index in [0.717, 1.165) is 34.0 Å². The van der Waals surface area contributed by atoms with E-state index in [-0.39, 0.29) is 0 Å². The topological polar surface area (TPSA) is 39.4 Å². The van der Waals surface area contributed by atoms with Crippen molar-refractivity contribution in [3.63, 3.8) is 0 Å². The lowest BCUT2D eigenvalue weighted by Crippen LogP contribution is -2.11. The van der Waals surface area contributed by atoms with Crippen molar-refractivity contribution >= 4 is 20.4 Å². The highest BCUT2D eigenvalue weighted by molar-refractivity contribution is 6.49. The first kappa shape index (κ1) is 17.2. The summed E-state index contributed by atoms with van der Waals surface area (Å²) in [6.45, 7) is 6.31. The number of aryl methyl sites for hydroxylation is 2. The maximum absolute atomic E-state index is 6.07. The van der Waals surface area contributed by atoms with Crippen molar-refractivity contribution in [1.29, 1.82) is 0 Å². The Morgan fingerprint density at radius 1 is 1.12 bits per heavy atom. The molecule has 0 fully saturated rings. The van der Waals surface area contributed by atoms with E-state index < -0.39 is 9.04 Å². The number of benzene rings is 2. The SMILES string of the molecule is Cc1ccc(N=C(c2ccccc2)c2cn(C)cn2)c(O[Si](C)C)c1. The van der Waals surface area contributed by atoms with E-state index in [4.69, 9.17) is 9.42 Å². The maximum Gasteiger partial charge on any atom is 0.274 e. The van der Waals surface area contributed by atoms with E-state index in [2.05, 4.69) is 49.3 Å². The monoisotopic (exact) mass is 348 g/mol. The summed E-state index contributed by atoms with van der Waals surface area (Å²) in [5.41, 5.74) is 4.72. The Kier molecular flexibility index (Phi) is 5.14. The van der Waals surface area contributed by atoms with Crippen molar-refractivity contribution in [2.24, 2.45) is 12.0 Å². The number of rotatable bonds is 5. The van der Waals surface area contributed by atoms with Crippen LogP contribution in [-0.4, -0.2) is 24.3 Å². The largest absolute Gasteiger partial charge is 0.541 e. The summed E-state index contributed by atoms with van der Waals surface area (Å²) in [5.74, 6) is 0.836. The molecule has 0 spiro atoms. The molecule has 0 saturated carbocycles. The second-order valence-electron chi connectivity index (χ2n) is 6.23. The molecule has 127 valence electrons. The Morgan fingerprint density at radius 3 is 2.52 bits per heavy atom. The fourth-order valence-corrected chi connectivity index (χ4v) is 3.14. The summed E-state index contributed by atoms with van der Waals surface area (Å²) in [5, 5.41) is 0. The summed E-state index contributed by atoms with van der Waals surface area (Å²) < 4.78 is 8.00. The molecule has 0 amide bonds. The van der Waals surface area contributed by atoms with Gasteiger partial charge in [0.05, 0.1) is 12.0 Å². The van der Waals surface area contributed by atoms with Gasteiger partial charge in [-0.15, -0.1) is 0 Å². The number of aromatic nitrogens is 2. The summed E-state index contributed by atoms with van der Waals surface area (Å²) in [4.78, 5) is 9.43. The lowest BCUT2D eigenvalue weighted by molar-refractivity contribution is 0.581. The fourth-order valence-electron chi connectivity index (χ4n) is 2.54. The lowest BCUT2D eigenvalue weighted by atomic mass is 10.1. The van der Waals surface area contributed by atoms with Crippen LogP contribution in [0.15, 0.2) is 66.0 Å². The van der Waals surface area contributed by atoms with Crippen molar-refractivity contribution in [2.75, 3.05) is 0 Å². The van der Waals surface area contributed by atoms with E-state index in [1.54, 1.807) is 6.33 Å². The molecule has 0 atom stereocenters. The predicted octanol–water partition coefficient (Wildman–Crippen LogP) is 4.53. The fraction of sp³-hybridized carbons (Fsp3) is 0.200. The molecule has 0 saturated heterocycles. The van der Waals surface area contributed by atoms with Crippen LogP contribution >= 0.6 is 0 Å². The summed E-state index contributed by atoms with van der Waals surface area (Å²) in [7, 11) is 1.09. The van der Waals surface area contributed by atoms with Crippen LogP contribution in [0.1, 0.15) is 16.8 Å². The van der Waals surface area contributed by atoms with Crippen LogP contribution < -0.4 is 4.43 Å². The zero-order valence-corrected chi connectivity index (χ0v) is 16.0. The molecule has 0 bridgehead atoms. The first-order valence-corrected chi connectivity index (χ1v) is 10.6. The smallest absolute Gasteiger partial charge is 0.274 e. The predicted molar refractivity (Wildman–Crippen MR) is 104 cm³/mol. The zero-order chi connectivity index (χ0) is 17.8. The van der Waals surface area contributed by atoms with Crippen molar-refractivity contribution in [2.45, 2.75) is 20.0 Å². The van der Waals surface area contributed by atoms with Crippen molar-refractivity contribution in [3.8, 4) is 5.75 Å².